The molecule has 2 N–H and O–H groups in total. The van der Waals surface area contributed by atoms with Gasteiger partial charge in [-0.25, -0.2) is 14.4 Å². The van der Waals surface area contributed by atoms with Crippen LogP contribution in [0.1, 0.15) is 11.3 Å². The van der Waals surface area contributed by atoms with E-state index < -0.39 is 0 Å². The highest BCUT2D eigenvalue weighted by atomic mass is 79.9. The number of aromatic nitrogens is 2. The quantitative estimate of drug-likeness (QED) is 0.873. The maximum absolute atomic E-state index is 13.4. The Morgan fingerprint density at radius 3 is 2.83 bits per heavy atom. The Balaban J connectivity index is 2.15. The number of nitrogen functional groups attached to an aromatic ring is 1. The zero-order valence-electron chi connectivity index (χ0n) is 9.28. The SMILES string of the molecule is Nc1nc(-c2cc(F)cc(Br)c2)nc2c1CSC2. The van der Waals surface area contributed by atoms with Gasteiger partial charge in [0.15, 0.2) is 5.82 Å². The number of hydrogen-bond donors (Lipinski definition) is 1. The van der Waals surface area contributed by atoms with E-state index >= 15 is 0 Å². The van der Waals surface area contributed by atoms with Crippen molar-refractivity contribution in [3.8, 4) is 11.4 Å². The predicted molar refractivity (Wildman–Crippen MR) is 74.5 cm³/mol. The average molecular weight is 326 g/mol. The smallest absolute Gasteiger partial charge is 0.161 e. The van der Waals surface area contributed by atoms with Crippen molar-refractivity contribution in [2.24, 2.45) is 0 Å². The molecule has 0 unspecified atom stereocenters. The van der Waals surface area contributed by atoms with Crippen molar-refractivity contribution < 1.29 is 4.39 Å². The highest BCUT2D eigenvalue weighted by molar-refractivity contribution is 9.10. The number of nitrogens with two attached hydrogens (primary N) is 1. The van der Waals surface area contributed by atoms with Crippen molar-refractivity contribution >= 4 is 33.5 Å². The van der Waals surface area contributed by atoms with Gasteiger partial charge in [-0.3, -0.25) is 0 Å². The van der Waals surface area contributed by atoms with Crippen LogP contribution in [0.25, 0.3) is 11.4 Å². The molecule has 2 aromatic rings. The lowest BCUT2D eigenvalue weighted by Gasteiger charge is -2.06. The van der Waals surface area contributed by atoms with E-state index in [1.165, 1.54) is 12.1 Å². The summed E-state index contributed by atoms with van der Waals surface area (Å²) >= 11 is 5.02. The predicted octanol–water partition coefficient (Wildman–Crippen LogP) is 3.37. The molecule has 0 aliphatic carbocycles. The first-order chi connectivity index (χ1) is 8.63. The van der Waals surface area contributed by atoms with Gasteiger partial charge in [0.25, 0.3) is 0 Å². The first-order valence-corrected chi connectivity index (χ1v) is 7.28. The molecule has 0 bridgehead atoms. The van der Waals surface area contributed by atoms with Gasteiger partial charge in [0.05, 0.1) is 5.69 Å². The summed E-state index contributed by atoms with van der Waals surface area (Å²) in [6.07, 6.45) is 0. The summed E-state index contributed by atoms with van der Waals surface area (Å²) < 4.78 is 14.0. The van der Waals surface area contributed by atoms with Gasteiger partial charge in [0.2, 0.25) is 0 Å². The first kappa shape index (κ1) is 11.9. The van der Waals surface area contributed by atoms with E-state index in [9.17, 15) is 4.39 Å². The summed E-state index contributed by atoms with van der Waals surface area (Å²) in [4.78, 5) is 8.73. The highest BCUT2D eigenvalue weighted by Crippen LogP contribution is 2.33. The number of benzene rings is 1. The maximum Gasteiger partial charge on any atom is 0.161 e. The summed E-state index contributed by atoms with van der Waals surface area (Å²) in [5.41, 5.74) is 8.52. The second-order valence-electron chi connectivity index (χ2n) is 4.01. The molecular weight excluding hydrogens is 317 g/mol. The molecular formula is C12H9BrFN3S. The van der Waals surface area contributed by atoms with Crippen LogP contribution >= 0.6 is 27.7 Å². The Kier molecular flexibility index (Phi) is 2.99. The topological polar surface area (TPSA) is 51.8 Å². The van der Waals surface area contributed by atoms with Crippen molar-refractivity contribution in [3.05, 3.63) is 39.7 Å². The third-order valence-corrected chi connectivity index (χ3v) is 4.16. The Labute approximate surface area is 116 Å². The molecule has 0 saturated heterocycles. The van der Waals surface area contributed by atoms with Crippen molar-refractivity contribution in [2.45, 2.75) is 11.5 Å². The third-order valence-electron chi connectivity index (χ3n) is 2.73. The van der Waals surface area contributed by atoms with Crippen LogP contribution in [0.3, 0.4) is 0 Å². The molecule has 0 fully saturated rings. The van der Waals surface area contributed by atoms with Gasteiger partial charge >= 0.3 is 0 Å². The summed E-state index contributed by atoms with van der Waals surface area (Å²) in [6, 6.07) is 4.59. The van der Waals surface area contributed by atoms with Crippen LogP contribution in [-0.4, -0.2) is 9.97 Å². The zero-order chi connectivity index (χ0) is 12.7. The van der Waals surface area contributed by atoms with Crippen molar-refractivity contribution in [2.75, 3.05) is 5.73 Å². The van der Waals surface area contributed by atoms with E-state index in [-0.39, 0.29) is 5.82 Å². The fraction of sp³-hybridized carbons (Fsp3) is 0.167. The third kappa shape index (κ3) is 2.10. The molecule has 18 heavy (non-hydrogen) atoms. The number of fused-ring (bicyclic) bond motifs is 1. The van der Waals surface area contributed by atoms with E-state index in [1.54, 1.807) is 17.8 Å². The molecule has 2 heterocycles. The van der Waals surface area contributed by atoms with Gasteiger partial charge in [-0.1, -0.05) is 15.9 Å². The summed E-state index contributed by atoms with van der Waals surface area (Å²) in [7, 11) is 0. The lowest BCUT2D eigenvalue weighted by atomic mass is 10.2. The number of hydrogen-bond acceptors (Lipinski definition) is 4. The van der Waals surface area contributed by atoms with Gasteiger partial charge in [-0.2, -0.15) is 11.8 Å². The second kappa shape index (κ2) is 4.51. The number of nitrogens with zero attached hydrogens (tertiary/aromatic N) is 2. The molecule has 0 atom stereocenters. The molecule has 92 valence electrons. The molecule has 0 amide bonds. The van der Waals surface area contributed by atoms with Crippen molar-refractivity contribution in [1.29, 1.82) is 0 Å². The van der Waals surface area contributed by atoms with E-state index in [4.69, 9.17) is 5.73 Å². The summed E-state index contributed by atoms with van der Waals surface area (Å²) in [5, 5.41) is 0. The fourth-order valence-electron chi connectivity index (χ4n) is 1.89. The van der Waals surface area contributed by atoms with Gasteiger partial charge < -0.3 is 5.73 Å². The summed E-state index contributed by atoms with van der Waals surface area (Å²) in [5.74, 6) is 2.35. The first-order valence-electron chi connectivity index (χ1n) is 5.33. The molecule has 0 radical (unpaired) electrons. The maximum atomic E-state index is 13.4. The van der Waals surface area contributed by atoms with Crippen LogP contribution in [-0.2, 0) is 11.5 Å². The fourth-order valence-corrected chi connectivity index (χ4v) is 3.41. The van der Waals surface area contributed by atoms with Gasteiger partial charge in [0, 0.05) is 27.1 Å². The normalized spacial score (nSPS) is 13.7. The largest absolute Gasteiger partial charge is 0.383 e. The average Bonchev–Trinajstić information content (AvgIpc) is 2.76. The second-order valence-corrected chi connectivity index (χ2v) is 5.91. The van der Waals surface area contributed by atoms with E-state index in [1.807, 2.05) is 0 Å². The van der Waals surface area contributed by atoms with Crippen LogP contribution in [0.5, 0.6) is 0 Å². The van der Waals surface area contributed by atoms with Crippen LogP contribution < -0.4 is 5.73 Å². The van der Waals surface area contributed by atoms with Gasteiger partial charge in [0.1, 0.15) is 11.6 Å². The minimum atomic E-state index is -0.323. The minimum absolute atomic E-state index is 0.323. The molecule has 1 aliphatic rings. The molecule has 0 saturated carbocycles. The van der Waals surface area contributed by atoms with Gasteiger partial charge in [-0.05, 0) is 18.2 Å². The molecule has 3 rings (SSSR count). The van der Waals surface area contributed by atoms with Gasteiger partial charge in [-0.15, -0.1) is 0 Å². The van der Waals surface area contributed by atoms with Crippen molar-refractivity contribution in [3.63, 3.8) is 0 Å². The van der Waals surface area contributed by atoms with Crippen LogP contribution in [0.4, 0.5) is 10.2 Å². The molecule has 1 aliphatic heterocycles. The number of halogens is 2. The lowest BCUT2D eigenvalue weighted by molar-refractivity contribution is 0.627. The van der Waals surface area contributed by atoms with Crippen LogP contribution in [0.15, 0.2) is 22.7 Å². The highest BCUT2D eigenvalue weighted by Gasteiger charge is 2.19. The van der Waals surface area contributed by atoms with Crippen LogP contribution in [0, 0.1) is 5.82 Å². The molecule has 1 aromatic carbocycles. The number of rotatable bonds is 1. The zero-order valence-corrected chi connectivity index (χ0v) is 11.7. The monoisotopic (exact) mass is 325 g/mol. The van der Waals surface area contributed by atoms with E-state index in [0.29, 0.717) is 21.7 Å². The minimum Gasteiger partial charge on any atom is -0.383 e. The Hall–Kier alpha value is -1.14. The van der Waals surface area contributed by atoms with Crippen LogP contribution in [0.2, 0.25) is 0 Å². The van der Waals surface area contributed by atoms with Crippen molar-refractivity contribution in [1.82, 2.24) is 9.97 Å². The summed E-state index contributed by atoms with van der Waals surface area (Å²) in [6.45, 7) is 0. The molecule has 0 spiro atoms. The molecule has 1 aromatic heterocycles. The Morgan fingerprint density at radius 1 is 1.22 bits per heavy atom. The lowest BCUT2D eigenvalue weighted by Crippen LogP contribution is -2.03. The Morgan fingerprint density at radius 2 is 2.06 bits per heavy atom. The molecule has 3 nitrogen and oxygen atoms in total. The number of anilines is 1. The van der Waals surface area contributed by atoms with E-state index in [0.717, 1.165) is 22.8 Å². The van der Waals surface area contributed by atoms with E-state index in [2.05, 4.69) is 25.9 Å². The standard InChI is InChI=1S/C12H9BrFN3S/c13-7-1-6(2-8(14)3-7)12-16-10-5-18-4-9(10)11(15)17-12/h1-3H,4-5H2,(H2,15,16,17). The number of thioether (sulfide) groups is 1. The molecule has 6 heteroatoms. The Bertz CT molecular complexity index is 613.